The van der Waals surface area contributed by atoms with Gasteiger partial charge in [0.15, 0.2) is 0 Å². The maximum Gasteiger partial charge on any atom is 0.148 e. The van der Waals surface area contributed by atoms with Gasteiger partial charge in [0.05, 0.1) is 6.42 Å². The van der Waals surface area contributed by atoms with E-state index >= 15 is 0 Å². The summed E-state index contributed by atoms with van der Waals surface area (Å²) >= 11 is 0. The number of carbonyl (C=O) groups excluding carboxylic acids is 1. The van der Waals surface area contributed by atoms with E-state index < -0.39 is 0 Å². The van der Waals surface area contributed by atoms with Crippen molar-refractivity contribution in [3.63, 3.8) is 0 Å². The second-order valence-corrected chi connectivity index (χ2v) is 5.98. The van der Waals surface area contributed by atoms with E-state index in [2.05, 4.69) is 32.6 Å². The van der Waals surface area contributed by atoms with Gasteiger partial charge in [-0.05, 0) is 45.4 Å². The third kappa shape index (κ3) is 2.43. The van der Waals surface area contributed by atoms with E-state index in [1.54, 1.807) is 0 Å². The van der Waals surface area contributed by atoms with E-state index in [0.29, 0.717) is 18.1 Å². The molecule has 0 aromatic carbocycles. The molecule has 0 aromatic heterocycles. The van der Waals surface area contributed by atoms with E-state index in [1.165, 1.54) is 19.3 Å². The highest BCUT2D eigenvalue weighted by atomic mass is 16.1. The monoisotopic (exact) mass is 204 g/mol. The van der Waals surface area contributed by atoms with E-state index in [-0.39, 0.29) is 5.41 Å². The molecule has 0 amide bonds. The van der Waals surface area contributed by atoms with Gasteiger partial charge in [0.1, 0.15) is 5.78 Å². The highest BCUT2D eigenvalue weighted by Crippen LogP contribution is 2.58. The van der Waals surface area contributed by atoms with Crippen LogP contribution in [0.2, 0.25) is 0 Å². The SMILES string of the molecule is CC(C)(C)C#CCC(=O)C1C2CCCC21. The second kappa shape index (κ2) is 3.67. The Morgan fingerprint density at radius 3 is 2.40 bits per heavy atom. The molecule has 2 aliphatic rings. The molecule has 1 heteroatoms. The predicted molar refractivity (Wildman–Crippen MR) is 61.2 cm³/mol. The molecule has 2 fully saturated rings. The quantitative estimate of drug-likeness (QED) is 0.632. The lowest BCUT2D eigenvalue weighted by Gasteiger charge is -2.06. The van der Waals surface area contributed by atoms with E-state index in [1.807, 2.05) is 0 Å². The molecule has 82 valence electrons. The zero-order valence-corrected chi connectivity index (χ0v) is 9.97. The maximum atomic E-state index is 11.8. The summed E-state index contributed by atoms with van der Waals surface area (Å²) in [5, 5.41) is 0. The molecule has 2 saturated carbocycles. The first-order chi connectivity index (χ1) is 6.99. The van der Waals surface area contributed by atoms with Gasteiger partial charge in [0.2, 0.25) is 0 Å². The summed E-state index contributed by atoms with van der Waals surface area (Å²) in [6, 6.07) is 0. The number of hydrogen-bond donors (Lipinski definition) is 0. The number of ketones is 1. The Labute approximate surface area is 92.6 Å². The van der Waals surface area contributed by atoms with Crippen LogP contribution in [0.5, 0.6) is 0 Å². The summed E-state index contributed by atoms with van der Waals surface area (Å²) in [4.78, 5) is 11.8. The van der Waals surface area contributed by atoms with Crippen LogP contribution in [0.1, 0.15) is 46.5 Å². The molecule has 0 spiro atoms. The summed E-state index contributed by atoms with van der Waals surface area (Å²) in [5.41, 5.74) is 0.0275. The van der Waals surface area contributed by atoms with E-state index in [0.717, 1.165) is 11.8 Å². The number of fused-ring (bicyclic) bond motifs is 1. The fraction of sp³-hybridized carbons (Fsp3) is 0.786. The summed E-state index contributed by atoms with van der Waals surface area (Å²) in [6.45, 7) is 6.24. The lowest BCUT2D eigenvalue weighted by molar-refractivity contribution is -0.120. The van der Waals surface area contributed by atoms with Gasteiger partial charge in [0.25, 0.3) is 0 Å². The van der Waals surface area contributed by atoms with Crippen LogP contribution in [0, 0.1) is 35.0 Å². The molecule has 1 nitrogen and oxygen atoms in total. The van der Waals surface area contributed by atoms with Crippen LogP contribution in [0.3, 0.4) is 0 Å². The number of Topliss-reactive ketones (excluding diaryl/α,β-unsaturated/α-hetero) is 1. The summed E-state index contributed by atoms with van der Waals surface area (Å²) in [7, 11) is 0. The average molecular weight is 204 g/mol. The standard InChI is InChI=1S/C14H20O/c1-14(2,3)9-5-8-12(15)13-10-6-4-7-11(10)13/h10-11,13H,4,6-8H2,1-3H3. The lowest BCUT2D eigenvalue weighted by Crippen LogP contribution is -2.05. The van der Waals surface area contributed by atoms with Gasteiger partial charge in [-0.3, -0.25) is 4.79 Å². The number of carbonyl (C=O) groups is 1. The Hall–Kier alpha value is -0.770. The number of hydrogen-bond acceptors (Lipinski definition) is 1. The van der Waals surface area contributed by atoms with Gasteiger partial charge in [-0.2, -0.15) is 0 Å². The Balaban J connectivity index is 1.81. The first-order valence-corrected chi connectivity index (χ1v) is 6.02. The molecular formula is C14H20O. The van der Waals surface area contributed by atoms with Crippen LogP contribution < -0.4 is 0 Å². The predicted octanol–water partition coefficient (Wildman–Crippen LogP) is 3.04. The van der Waals surface area contributed by atoms with Crippen LogP contribution in [0.15, 0.2) is 0 Å². The van der Waals surface area contributed by atoms with Crippen molar-refractivity contribution in [2.75, 3.05) is 0 Å². The van der Waals surface area contributed by atoms with Crippen molar-refractivity contribution in [1.82, 2.24) is 0 Å². The van der Waals surface area contributed by atoms with E-state index in [9.17, 15) is 4.79 Å². The normalized spacial score (nSPS) is 32.9. The molecule has 0 aliphatic heterocycles. The minimum absolute atomic E-state index is 0.0275. The van der Waals surface area contributed by atoms with Crippen molar-refractivity contribution in [2.24, 2.45) is 23.2 Å². The largest absolute Gasteiger partial charge is 0.298 e. The Kier molecular flexibility index (Phi) is 2.63. The minimum atomic E-state index is 0.0275. The molecule has 2 rings (SSSR count). The molecule has 0 saturated heterocycles. The molecule has 2 atom stereocenters. The molecular weight excluding hydrogens is 184 g/mol. The highest BCUT2D eigenvalue weighted by Gasteiger charge is 2.55. The zero-order valence-electron chi connectivity index (χ0n) is 9.97. The van der Waals surface area contributed by atoms with Crippen molar-refractivity contribution in [2.45, 2.75) is 46.5 Å². The van der Waals surface area contributed by atoms with Crippen LogP contribution in [0.4, 0.5) is 0 Å². The van der Waals surface area contributed by atoms with Crippen molar-refractivity contribution < 1.29 is 4.79 Å². The van der Waals surface area contributed by atoms with Crippen molar-refractivity contribution in [1.29, 1.82) is 0 Å². The fourth-order valence-electron chi connectivity index (χ4n) is 2.81. The molecule has 0 bridgehead atoms. The molecule has 0 radical (unpaired) electrons. The van der Waals surface area contributed by atoms with Crippen LogP contribution >= 0.6 is 0 Å². The molecule has 0 heterocycles. The molecule has 2 aliphatic carbocycles. The third-order valence-corrected chi connectivity index (χ3v) is 3.50. The topological polar surface area (TPSA) is 17.1 Å². The first kappa shape index (κ1) is 10.7. The fourth-order valence-corrected chi connectivity index (χ4v) is 2.81. The second-order valence-electron chi connectivity index (χ2n) is 5.98. The van der Waals surface area contributed by atoms with Gasteiger partial charge in [0, 0.05) is 11.3 Å². The maximum absolute atomic E-state index is 11.8. The summed E-state index contributed by atoms with van der Waals surface area (Å²) in [5.74, 6) is 8.46. The molecule has 0 aromatic rings. The molecule has 15 heavy (non-hydrogen) atoms. The Morgan fingerprint density at radius 2 is 1.87 bits per heavy atom. The van der Waals surface area contributed by atoms with Crippen molar-refractivity contribution in [3.05, 3.63) is 0 Å². The Morgan fingerprint density at radius 1 is 1.27 bits per heavy atom. The van der Waals surface area contributed by atoms with Crippen LogP contribution in [0.25, 0.3) is 0 Å². The molecule has 0 N–H and O–H groups in total. The first-order valence-electron chi connectivity index (χ1n) is 6.02. The summed E-state index contributed by atoms with van der Waals surface area (Å²) < 4.78 is 0. The smallest absolute Gasteiger partial charge is 0.148 e. The van der Waals surface area contributed by atoms with E-state index in [4.69, 9.17) is 0 Å². The average Bonchev–Trinajstić information content (AvgIpc) is 2.58. The van der Waals surface area contributed by atoms with Gasteiger partial charge < -0.3 is 0 Å². The lowest BCUT2D eigenvalue weighted by atomic mass is 9.97. The van der Waals surface area contributed by atoms with Crippen LogP contribution in [-0.2, 0) is 4.79 Å². The number of rotatable bonds is 2. The molecule has 2 unspecified atom stereocenters. The highest BCUT2D eigenvalue weighted by molar-refractivity contribution is 5.86. The summed E-state index contributed by atoms with van der Waals surface area (Å²) in [6.07, 6.45) is 4.39. The minimum Gasteiger partial charge on any atom is -0.298 e. The third-order valence-electron chi connectivity index (χ3n) is 3.50. The van der Waals surface area contributed by atoms with Gasteiger partial charge in [-0.15, -0.1) is 0 Å². The van der Waals surface area contributed by atoms with Crippen molar-refractivity contribution in [3.8, 4) is 11.8 Å². The van der Waals surface area contributed by atoms with Gasteiger partial charge >= 0.3 is 0 Å². The van der Waals surface area contributed by atoms with Crippen LogP contribution in [-0.4, -0.2) is 5.78 Å². The van der Waals surface area contributed by atoms with Gasteiger partial charge in [-0.1, -0.05) is 18.3 Å². The Bertz CT molecular complexity index is 313. The van der Waals surface area contributed by atoms with Gasteiger partial charge in [-0.25, -0.2) is 0 Å². The zero-order chi connectivity index (χ0) is 11.1. The van der Waals surface area contributed by atoms with Crippen molar-refractivity contribution >= 4 is 5.78 Å².